The Balaban J connectivity index is 2.82. The first-order valence-electron chi connectivity index (χ1n) is 4.33. The molecule has 0 radical (unpaired) electrons. The number of halogens is 1. The molecule has 0 saturated carbocycles. The van der Waals surface area contributed by atoms with E-state index in [9.17, 15) is 4.79 Å². The lowest BCUT2D eigenvalue weighted by molar-refractivity contribution is -0.111. The second-order valence-corrected chi connectivity index (χ2v) is 3.38. The van der Waals surface area contributed by atoms with E-state index in [4.69, 9.17) is 11.6 Å². The summed E-state index contributed by atoms with van der Waals surface area (Å²) in [6, 6.07) is 5.50. The number of nitrogens with one attached hydrogen (secondary N) is 1. The summed E-state index contributed by atoms with van der Waals surface area (Å²) in [4.78, 5) is 11.2. The normalized spacial score (nSPS) is 10.5. The van der Waals surface area contributed by atoms with E-state index in [1.165, 1.54) is 6.08 Å². The van der Waals surface area contributed by atoms with Crippen LogP contribution in [0, 0.1) is 6.92 Å². The molecule has 0 aliphatic rings. The number of anilines is 1. The van der Waals surface area contributed by atoms with Crippen LogP contribution in [0.5, 0.6) is 0 Å². The van der Waals surface area contributed by atoms with E-state index in [0.717, 1.165) is 5.56 Å². The van der Waals surface area contributed by atoms with E-state index in [-0.39, 0.29) is 5.91 Å². The summed E-state index contributed by atoms with van der Waals surface area (Å²) in [6.07, 6.45) is 3.13. The van der Waals surface area contributed by atoms with E-state index < -0.39 is 0 Å². The van der Waals surface area contributed by atoms with Gasteiger partial charge in [0.2, 0.25) is 5.91 Å². The third-order valence-corrected chi connectivity index (χ3v) is 2.01. The van der Waals surface area contributed by atoms with Gasteiger partial charge in [0.25, 0.3) is 0 Å². The smallest absolute Gasteiger partial charge is 0.248 e. The monoisotopic (exact) mass is 209 g/mol. The van der Waals surface area contributed by atoms with Crippen LogP contribution in [0.15, 0.2) is 30.4 Å². The molecule has 0 atom stereocenters. The largest absolute Gasteiger partial charge is 0.321 e. The summed E-state index contributed by atoms with van der Waals surface area (Å²) in [5.74, 6) is -0.168. The maximum Gasteiger partial charge on any atom is 0.248 e. The molecule has 0 unspecified atom stereocenters. The molecule has 2 nitrogen and oxygen atoms in total. The molecule has 1 aromatic rings. The molecule has 74 valence electrons. The summed E-state index contributed by atoms with van der Waals surface area (Å²) in [7, 11) is 0. The fourth-order valence-electron chi connectivity index (χ4n) is 1.05. The number of allylic oxidation sites excluding steroid dienone is 1. The summed E-state index contributed by atoms with van der Waals surface area (Å²) >= 11 is 5.93. The van der Waals surface area contributed by atoms with Crippen molar-refractivity contribution in [1.29, 1.82) is 0 Å². The van der Waals surface area contributed by atoms with E-state index in [0.29, 0.717) is 10.7 Å². The van der Waals surface area contributed by atoms with Crippen LogP contribution in [0.3, 0.4) is 0 Å². The topological polar surface area (TPSA) is 29.1 Å². The van der Waals surface area contributed by atoms with Crippen molar-refractivity contribution in [3.05, 3.63) is 40.9 Å². The van der Waals surface area contributed by atoms with Crippen LogP contribution in [-0.2, 0) is 4.79 Å². The molecule has 0 fully saturated rings. The molecule has 0 aromatic heterocycles. The standard InChI is InChI=1S/C11H12ClNO/c1-3-4-11(14)13-10-6-5-8(2)7-9(10)12/h3-7H,1-2H3,(H,13,14). The third kappa shape index (κ3) is 2.89. The van der Waals surface area contributed by atoms with Crippen molar-refractivity contribution in [2.75, 3.05) is 5.32 Å². The first-order valence-corrected chi connectivity index (χ1v) is 4.71. The number of carbonyl (C=O) groups excluding carboxylic acids is 1. The number of carbonyl (C=O) groups is 1. The molecule has 0 spiro atoms. The minimum atomic E-state index is -0.168. The van der Waals surface area contributed by atoms with Gasteiger partial charge in [-0.25, -0.2) is 0 Å². The fourth-order valence-corrected chi connectivity index (χ4v) is 1.33. The highest BCUT2D eigenvalue weighted by Gasteiger charge is 2.02. The Morgan fingerprint density at radius 1 is 1.50 bits per heavy atom. The van der Waals surface area contributed by atoms with E-state index in [1.54, 1.807) is 19.1 Å². The van der Waals surface area contributed by atoms with Gasteiger partial charge in [-0.3, -0.25) is 4.79 Å². The van der Waals surface area contributed by atoms with Crippen molar-refractivity contribution in [3.8, 4) is 0 Å². The van der Waals surface area contributed by atoms with Gasteiger partial charge in [0.15, 0.2) is 0 Å². The van der Waals surface area contributed by atoms with Crippen LogP contribution in [0.1, 0.15) is 12.5 Å². The molecule has 1 N–H and O–H groups in total. The van der Waals surface area contributed by atoms with Crippen molar-refractivity contribution in [3.63, 3.8) is 0 Å². The molecule has 0 aliphatic heterocycles. The van der Waals surface area contributed by atoms with Crippen molar-refractivity contribution in [1.82, 2.24) is 0 Å². The van der Waals surface area contributed by atoms with Gasteiger partial charge in [-0.1, -0.05) is 23.7 Å². The molecular formula is C11H12ClNO. The van der Waals surface area contributed by atoms with Crippen molar-refractivity contribution in [2.24, 2.45) is 0 Å². The fraction of sp³-hybridized carbons (Fsp3) is 0.182. The Labute approximate surface area is 88.6 Å². The highest BCUT2D eigenvalue weighted by Crippen LogP contribution is 2.22. The van der Waals surface area contributed by atoms with Crippen molar-refractivity contribution < 1.29 is 4.79 Å². The van der Waals surface area contributed by atoms with Crippen molar-refractivity contribution >= 4 is 23.2 Å². The molecule has 1 rings (SSSR count). The molecule has 0 saturated heterocycles. The molecule has 0 heterocycles. The average Bonchev–Trinajstić information content (AvgIpc) is 2.10. The molecule has 14 heavy (non-hydrogen) atoms. The van der Waals surface area contributed by atoms with Crippen molar-refractivity contribution in [2.45, 2.75) is 13.8 Å². The molecule has 0 aliphatic carbocycles. The summed E-state index contributed by atoms with van der Waals surface area (Å²) in [6.45, 7) is 3.74. The Morgan fingerprint density at radius 2 is 2.21 bits per heavy atom. The Hall–Kier alpha value is -1.28. The number of amides is 1. The first kappa shape index (κ1) is 10.8. The number of rotatable bonds is 2. The Bertz CT molecular complexity index is 372. The Morgan fingerprint density at radius 3 is 2.79 bits per heavy atom. The zero-order valence-electron chi connectivity index (χ0n) is 8.17. The number of benzene rings is 1. The Kier molecular flexibility index (Phi) is 3.72. The molecular weight excluding hydrogens is 198 g/mol. The van der Waals surface area contributed by atoms with Gasteiger partial charge in [-0.15, -0.1) is 0 Å². The molecule has 1 amide bonds. The number of hydrogen-bond acceptors (Lipinski definition) is 1. The summed E-state index contributed by atoms with van der Waals surface area (Å²) in [5, 5.41) is 3.24. The zero-order chi connectivity index (χ0) is 10.6. The van der Waals surface area contributed by atoms with Gasteiger partial charge in [0.1, 0.15) is 0 Å². The zero-order valence-corrected chi connectivity index (χ0v) is 8.93. The van der Waals surface area contributed by atoms with Gasteiger partial charge >= 0.3 is 0 Å². The maximum atomic E-state index is 11.2. The lowest BCUT2D eigenvalue weighted by Gasteiger charge is -2.05. The second-order valence-electron chi connectivity index (χ2n) is 2.97. The van der Waals surface area contributed by atoms with E-state index >= 15 is 0 Å². The minimum Gasteiger partial charge on any atom is -0.321 e. The lowest BCUT2D eigenvalue weighted by Crippen LogP contribution is -2.07. The summed E-state index contributed by atoms with van der Waals surface area (Å²) in [5.41, 5.74) is 1.71. The van der Waals surface area contributed by atoms with Crippen LogP contribution in [0.2, 0.25) is 5.02 Å². The number of aryl methyl sites for hydroxylation is 1. The second kappa shape index (κ2) is 4.82. The average molecular weight is 210 g/mol. The maximum absolute atomic E-state index is 11.2. The highest BCUT2D eigenvalue weighted by molar-refractivity contribution is 6.33. The lowest BCUT2D eigenvalue weighted by atomic mass is 10.2. The quantitative estimate of drug-likeness (QED) is 0.745. The van der Waals surface area contributed by atoms with Crippen LogP contribution in [0.25, 0.3) is 0 Å². The van der Waals surface area contributed by atoms with Crippen LogP contribution in [-0.4, -0.2) is 5.91 Å². The predicted molar refractivity (Wildman–Crippen MR) is 59.6 cm³/mol. The molecule has 0 bridgehead atoms. The first-order chi connectivity index (χ1) is 6.63. The molecule has 3 heteroatoms. The van der Waals surface area contributed by atoms with E-state index in [2.05, 4.69) is 5.32 Å². The third-order valence-electron chi connectivity index (χ3n) is 1.70. The van der Waals surface area contributed by atoms with Crippen LogP contribution >= 0.6 is 11.6 Å². The van der Waals surface area contributed by atoms with Gasteiger partial charge in [0.05, 0.1) is 10.7 Å². The van der Waals surface area contributed by atoms with Gasteiger partial charge in [-0.2, -0.15) is 0 Å². The van der Waals surface area contributed by atoms with Crippen LogP contribution < -0.4 is 5.32 Å². The summed E-state index contributed by atoms with van der Waals surface area (Å²) < 4.78 is 0. The number of hydrogen-bond donors (Lipinski definition) is 1. The van der Waals surface area contributed by atoms with Gasteiger partial charge < -0.3 is 5.32 Å². The molecule has 1 aromatic carbocycles. The SMILES string of the molecule is CC=CC(=O)Nc1ccc(C)cc1Cl. The minimum absolute atomic E-state index is 0.168. The van der Waals surface area contributed by atoms with Gasteiger partial charge in [-0.05, 0) is 37.6 Å². The van der Waals surface area contributed by atoms with Crippen LogP contribution in [0.4, 0.5) is 5.69 Å². The predicted octanol–water partition coefficient (Wildman–Crippen LogP) is 3.16. The van der Waals surface area contributed by atoms with Gasteiger partial charge in [0, 0.05) is 0 Å². The van der Waals surface area contributed by atoms with E-state index in [1.807, 2.05) is 19.1 Å². The highest BCUT2D eigenvalue weighted by atomic mass is 35.5.